The van der Waals surface area contributed by atoms with Crippen molar-refractivity contribution in [1.82, 2.24) is 25.1 Å². The molecule has 10 nitrogen and oxygen atoms in total. The monoisotopic (exact) mass is 562 g/mol. The zero-order valence-corrected chi connectivity index (χ0v) is 23.1. The summed E-state index contributed by atoms with van der Waals surface area (Å²) < 4.78 is 6.62. The van der Waals surface area contributed by atoms with Crippen molar-refractivity contribution in [1.29, 1.82) is 0 Å². The van der Waals surface area contributed by atoms with Gasteiger partial charge in [-0.2, -0.15) is 9.78 Å². The molecule has 3 N–H and O–H groups in total. The lowest BCUT2D eigenvalue weighted by atomic mass is 10.0. The maximum absolute atomic E-state index is 13.3. The minimum atomic E-state index is -0.443. The van der Waals surface area contributed by atoms with Gasteiger partial charge in [0, 0.05) is 29.8 Å². The first-order chi connectivity index (χ1) is 20.5. The second-order valence-electron chi connectivity index (χ2n) is 10.3. The molecule has 10 heteroatoms. The van der Waals surface area contributed by atoms with Gasteiger partial charge in [0.05, 0.1) is 35.7 Å². The summed E-state index contributed by atoms with van der Waals surface area (Å²) in [5.41, 5.74) is 4.56. The number of phenols is 1. The molecule has 5 aromatic rings. The molecule has 2 heterocycles. The van der Waals surface area contributed by atoms with Crippen molar-refractivity contribution in [2.24, 2.45) is 0 Å². The van der Waals surface area contributed by atoms with Gasteiger partial charge in [-0.05, 0) is 60.9 Å². The van der Waals surface area contributed by atoms with E-state index in [2.05, 4.69) is 25.7 Å². The summed E-state index contributed by atoms with van der Waals surface area (Å²) in [6.45, 7) is 0.337. The van der Waals surface area contributed by atoms with Gasteiger partial charge in [-0.15, -0.1) is 0 Å². The second-order valence-corrected chi connectivity index (χ2v) is 10.3. The smallest absolute Gasteiger partial charge is 0.342 e. The van der Waals surface area contributed by atoms with E-state index in [1.54, 1.807) is 25.3 Å². The summed E-state index contributed by atoms with van der Waals surface area (Å²) >= 11 is 0. The first-order valence-corrected chi connectivity index (χ1v) is 13.9. The van der Waals surface area contributed by atoms with Crippen LogP contribution < -0.4 is 15.4 Å². The van der Waals surface area contributed by atoms with Crippen LogP contribution in [0.25, 0.3) is 22.3 Å². The van der Waals surface area contributed by atoms with E-state index in [1.165, 1.54) is 16.9 Å². The van der Waals surface area contributed by atoms with Crippen molar-refractivity contribution in [2.45, 2.75) is 38.1 Å². The third-order valence-corrected chi connectivity index (χ3v) is 7.52. The predicted octanol–water partition coefficient (Wildman–Crippen LogP) is 5.88. The van der Waals surface area contributed by atoms with E-state index in [1.807, 2.05) is 48.5 Å². The normalized spacial score (nSPS) is 13.3. The van der Waals surface area contributed by atoms with Crippen LogP contribution in [0.2, 0.25) is 0 Å². The molecule has 2 aromatic heterocycles. The number of hydrogen-bond donors (Lipinski definition) is 3. The van der Waals surface area contributed by atoms with Crippen molar-refractivity contribution in [3.63, 3.8) is 0 Å². The largest absolute Gasteiger partial charge is 0.507 e. The Kier molecular flexibility index (Phi) is 7.50. The summed E-state index contributed by atoms with van der Waals surface area (Å²) in [7, 11) is 1.61. The molecule has 0 bridgehead atoms. The molecule has 0 unspecified atom stereocenters. The van der Waals surface area contributed by atoms with Gasteiger partial charge in [-0.1, -0.05) is 37.1 Å². The highest BCUT2D eigenvalue weighted by molar-refractivity contribution is 6.03. The topological polar surface area (TPSA) is 131 Å². The number of aromatic hydroxyl groups is 1. The Bertz CT molecular complexity index is 1760. The van der Waals surface area contributed by atoms with Gasteiger partial charge >= 0.3 is 6.03 Å². The number of methoxy groups -OCH3 is 1. The van der Waals surface area contributed by atoms with E-state index in [0.717, 1.165) is 42.7 Å². The van der Waals surface area contributed by atoms with Gasteiger partial charge in [0.2, 0.25) is 0 Å². The van der Waals surface area contributed by atoms with E-state index in [4.69, 9.17) is 4.74 Å². The van der Waals surface area contributed by atoms with Crippen LogP contribution in [-0.4, -0.2) is 43.9 Å². The Hall–Kier alpha value is -5.25. The van der Waals surface area contributed by atoms with E-state index in [-0.39, 0.29) is 23.4 Å². The van der Waals surface area contributed by atoms with Crippen LogP contribution in [0.5, 0.6) is 11.5 Å². The van der Waals surface area contributed by atoms with Crippen molar-refractivity contribution < 1.29 is 19.4 Å². The number of carbonyl (C=O) groups excluding carboxylic acids is 2. The Morgan fingerprint density at radius 3 is 2.50 bits per heavy atom. The summed E-state index contributed by atoms with van der Waals surface area (Å²) in [6, 6.07) is 21.2. The van der Waals surface area contributed by atoms with Gasteiger partial charge in [-0.3, -0.25) is 9.78 Å². The molecule has 3 aromatic carbocycles. The second kappa shape index (κ2) is 11.7. The fourth-order valence-electron chi connectivity index (χ4n) is 5.29. The fourth-order valence-corrected chi connectivity index (χ4v) is 5.29. The lowest BCUT2D eigenvalue weighted by Crippen LogP contribution is -2.30. The standard InChI is InChI=1S/C32H30N6O4/c1-42-23-13-10-20(11-14-23)18-34-32(41)38-29(21-6-2-3-7-21)17-27(37-38)24-15-12-22(16-30(24)39)35-31(40)28-19-33-25-8-4-5-9-26(25)36-28/h4-5,8-17,19,21,39H,2-3,6-7,18H2,1H3,(H,34,41)(H,35,40). The average Bonchev–Trinajstić information content (AvgIpc) is 3.71. The fraction of sp³-hybridized carbons (Fsp3) is 0.219. The predicted molar refractivity (Wildman–Crippen MR) is 159 cm³/mol. The van der Waals surface area contributed by atoms with Crippen LogP contribution in [0.4, 0.5) is 10.5 Å². The number of rotatable bonds is 7. The number of nitrogens with zero attached hydrogens (tertiary/aromatic N) is 4. The zero-order chi connectivity index (χ0) is 29.1. The minimum absolute atomic E-state index is 0.0707. The van der Waals surface area contributed by atoms with E-state index in [9.17, 15) is 14.7 Å². The summed E-state index contributed by atoms with van der Waals surface area (Å²) in [5, 5.41) is 21.3. The molecule has 1 saturated carbocycles. The number of carbonyl (C=O) groups is 2. The highest BCUT2D eigenvalue weighted by atomic mass is 16.5. The number of amides is 2. The summed E-state index contributed by atoms with van der Waals surface area (Å²) in [5.74, 6) is 0.445. The van der Waals surface area contributed by atoms with Crippen LogP contribution in [-0.2, 0) is 6.54 Å². The molecule has 1 aliphatic rings. The van der Waals surface area contributed by atoms with Crippen molar-refractivity contribution in [3.05, 3.63) is 95.9 Å². The average molecular weight is 563 g/mol. The number of fused-ring (bicyclic) bond motifs is 1. The number of phenolic OH excluding ortho intramolecular Hbond substituents is 1. The number of aromatic nitrogens is 4. The van der Waals surface area contributed by atoms with Crippen molar-refractivity contribution >= 4 is 28.7 Å². The van der Waals surface area contributed by atoms with Crippen molar-refractivity contribution in [3.8, 4) is 22.8 Å². The van der Waals surface area contributed by atoms with Gasteiger partial charge in [0.1, 0.15) is 17.2 Å². The Balaban J connectivity index is 1.21. The first kappa shape index (κ1) is 26.9. The Morgan fingerprint density at radius 2 is 1.76 bits per heavy atom. The number of nitrogens with one attached hydrogen (secondary N) is 2. The highest BCUT2D eigenvalue weighted by Gasteiger charge is 2.26. The number of benzene rings is 3. The van der Waals surface area contributed by atoms with Crippen LogP contribution >= 0.6 is 0 Å². The third kappa shape index (κ3) is 5.64. The SMILES string of the molecule is COc1ccc(CNC(=O)n2nc(-c3ccc(NC(=O)c4cnc5ccccc5n4)cc3O)cc2C2CCCC2)cc1. The molecule has 0 saturated heterocycles. The van der Waals surface area contributed by atoms with Crippen molar-refractivity contribution in [2.75, 3.05) is 12.4 Å². The zero-order valence-electron chi connectivity index (χ0n) is 23.1. The quantitative estimate of drug-likeness (QED) is 0.226. The van der Waals surface area contributed by atoms with E-state index < -0.39 is 5.91 Å². The highest BCUT2D eigenvalue weighted by Crippen LogP contribution is 2.38. The Labute approximate surface area is 242 Å². The first-order valence-electron chi connectivity index (χ1n) is 13.9. The van der Waals surface area contributed by atoms with Crippen LogP contribution in [0.3, 0.4) is 0 Å². The molecular formula is C32H30N6O4. The molecule has 0 aliphatic heterocycles. The molecule has 212 valence electrons. The lowest BCUT2D eigenvalue weighted by Gasteiger charge is -2.12. The van der Waals surface area contributed by atoms with E-state index in [0.29, 0.717) is 34.5 Å². The van der Waals surface area contributed by atoms with Gasteiger partial charge in [0.15, 0.2) is 0 Å². The number of para-hydroxylation sites is 2. The molecule has 2 amide bonds. The molecule has 1 fully saturated rings. The Morgan fingerprint density at radius 1 is 1.00 bits per heavy atom. The number of anilines is 1. The maximum Gasteiger partial charge on any atom is 0.342 e. The molecule has 42 heavy (non-hydrogen) atoms. The maximum atomic E-state index is 13.3. The molecular weight excluding hydrogens is 532 g/mol. The third-order valence-electron chi connectivity index (χ3n) is 7.52. The molecule has 6 rings (SSSR count). The van der Waals surface area contributed by atoms with Crippen LogP contribution in [0.15, 0.2) is 79.0 Å². The minimum Gasteiger partial charge on any atom is -0.507 e. The van der Waals surface area contributed by atoms with Crippen LogP contribution in [0, 0.1) is 0 Å². The van der Waals surface area contributed by atoms with Gasteiger partial charge in [-0.25, -0.2) is 9.78 Å². The lowest BCUT2D eigenvalue weighted by molar-refractivity contribution is 0.102. The van der Waals surface area contributed by atoms with Gasteiger partial charge in [0.25, 0.3) is 5.91 Å². The summed E-state index contributed by atoms with van der Waals surface area (Å²) in [6.07, 6.45) is 5.57. The van der Waals surface area contributed by atoms with Gasteiger partial charge < -0.3 is 20.5 Å². The van der Waals surface area contributed by atoms with Crippen LogP contribution in [0.1, 0.15) is 53.3 Å². The number of hydrogen-bond acceptors (Lipinski definition) is 7. The molecule has 0 atom stereocenters. The molecule has 0 spiro atoms. The van der Waals surface area contributed by atoms with E-state index >= 15 is 0 Å². The molecule has 1 aliphatic carbocycles. The number of ether oxygens (including phenoxy) is 1. The summed E-state index contributed by atoms with van der Waals surface area (Å²) in [4.78, 5) is 34.8. The molecule has 0 radical (unpaired) electrons.